The summed E-state index contributed by atoms with van der Waals surface area (Å²) < 4.78 is 18.9. The van der Waals surface area contributed by atoms with Crippen molar-refractivity contribution in [2.75, 3.05) is 39.3 Å². The van der Waals surface area contributed by atoms with E-state index in [0.29, 0.717) is 37.3 Å². The predicted octanol–water partition coefficient (Wildman–Crippen LogP) is 2.06. The number of cyclic esters (lactones) is 1. The van der Waals surface area contributed by atoms with Crippen molar-refractivity contribution in [1.29, 1.82) is 5.26 Å². The van der Waals surface area contributed by atoms with Gasteiger partial charge >= 0.3 is 5.97 Å². The SMILES string of the molecule is Cc1c(C(O)CN2CCN(CC(O)c3ccc(C#N)c(F)c3)CC2)ccc2c1COC2=O. The number of fused-ring (bicyclic) bond motifs is 1. The molecule has 0 aliphatic carbocycles. The van der Waals surface area contributed by atoms with Gasteiger partial charge in [-0.2, -0.15) is 5.26 Å². The number of aliphatic hydroxyl groups is 2. The number of esters is 1. The van der Waals surface area contributed by atoms with E-state index < -0.39 is 18.0 Å². The second-order valence-corrected chi connectivity index (χ2v) is 8.37. The first kappa shape index (κ1) is 22.4. The van der Waals surface area contributed by atoms with Gasteiger partial charge in [0.25, 0.3) is 0 Å². The van der Waals surface area contributed by atoms with E-state index in [2.05, 4.69) is 9.80 Å². The van der Waals surface area contributed by atoms with Gasteiger partial charge in [-0.25, -0.2) is 9.18 Å². The summed E-state index contributed by atoms with van der Waals surface area (Å²) in [5, 5.41) is 30.1. The largest absolute Gasteiger partial charge is 0.457 e. The molecule has 1 fully saturated rings. The summed E-state index contributed by atoms with van der Waals surface area (Å²) in [4.78, 5) is 16.0. The zero-order chi connectivity index (χ0) is 22.8. The highest BCUT2D eigenvalue weighted by molar-refractivity contribution is 5.93. The number of β-amino-alcohol motifs (C(OH)–C–C–N with tert-alkyl or cyclic N) is 2. The summed E-state index contributed by atoms with van der Waals surface area (Å²) in [7, 11) is 0. The number of benzene rings is 2. The Morgan fingerprint density at radius 3 is 2.38 bits per heavy atom. The van der Waals surface area contributed by atoms with Crippen molar-refractivity contribution in [3.05, 3.63) is 69.5 Å². The van der Waals surface area contributed by atoms with Crippen molar-refractivity contribution in [3.8, 4) is 6.07 Å². The Balaban J connectivity index is 1.30. The van der Waals surface area contributed by atoms with Crippen LogP contribution in [0.25, 0.3) is 0 Å². The highest BCUT2D eigenvalue weighted by Crippen LogP contribution is 2.29. The maximum absolute atomic E-state index is 13.8. The molecule has 8 heteroatoms. The van der Waals surface area contributed by atoms with Gasteiger partial charge < -0.3 is 14.9 Å². The third kappa shape index (κ3) is 4.52. The van der Waals surface area contributed by atoms with E-state index in [0.717, 1.165) is 29.8 Å². The number of rotatable bonds is 6. The van der Waals surface area contributed by atoms with Crippen LogP contribution in [0.3, 0.4) is 0 Å². The summed E-state index contributed by atoms with van der Waals surface area (Å²) in [6.07, 6.45) is -1.51. The average Bonchev–Trinajstić information content (AvgIpc) is 3.16. The predicted molar refractivity (Wildman–Crippen MR) is 114 cm³/mol. The summed E-state index contributed by atoms with van der Waals surface area (Å²) in [6, 6.07) is 9.48. The molecule has 2 N–H and O–H groups in total. The topological polar surface area (TPSA) is 97.0 Å². The normalized spacial score (nSPS) is 18.7. The third-order valence-electron chi connectivity index (χ3n) is 6.39. The molecule has 168 valence electrons. The first-order valence-corrected chi connectivity index (χ1v) is 10.7. The minimum atomic E-state index is -0.839. The van der Waals surface area contributed by atoms with Crippen LogP contribution in [0.5, 0.6) is 0 Å². The fourth-order valence-corrected chi connectivity index (χ4v) is 4.41. The second kappa shape index (κ2) is 9.35. The van der Waals surface area contributed by atoms with Crippen LogP contribution >= 0.6 is 0 Å². The quantitative estimate of drug-likeness (QED) is 0.665. The van der Waals surface area contributed by atoms with Crippen LogP contribution < -0.4 is 0 Å². The number of halogens is 1. The Kier molecular flexibility index (Phi) is 6.53. The van der Waals surface area contributed by atoms with Crippen LogP contribution in [0.4, 0.5) is 4.39 Å². The van der Waals surface area contributed by atoms with E-state index in [-0.39, 0.29) is 18.1 Å². The monoisotopic (exact) mass is 439 g/mol. The summed E-state index contributed by atoms with van der Waals surface area (Å²) in [6.45, 7) is 5.91. The molecule has 4 rings (SSSR count). The van der Waals surface area contributed by atoms with Crippen LogP contribution in [0.1, 0.15) is 50.4 Å². The Morgan fingerprint density at radius 2 is 1.75 bits per heavy atom. The van der Waals surface area contributed by atoms with Crippen LogP contribution in [0.2, 0.25) is 0 Å². The first-order valence-electron chi connectivity index (χ1n) is 10.7. The Hall–Kier alpha value is -2.83. The number of hydrogen-bond acceptors (Lipinski definition) is 7. The smallest absolute Gasteiger partial charge is 0.338 e. The maximum atomic E-state index is 13.8. The lowest BCUT2D eigenvalue weighted by Gasteiger charge is -2.36. The van der Waals surface area contributed by atoms with Gasteiger partial charge in [-0.3, -0.25) is 9.80 Å². The van der Waals surface area contributed by atoms with Crippen molar-refractivity contribution in [1.82, 2.24) is 9.80 Å². The molecule has 2 aliphatic heterocycles. The first-order chi connectivity index (χ1) is 15.4. The highest BCUT2D eigenvalue weighted by Gasteiger charge is 2.27. The minimum Gasteiger partial charge on any atom is -0.457 e. The van der Waals surface area contributed by atoms with Gasteiger partial charge in [-0.05, 0) is 41.8 Å². The number of carbonyl (C=O) groups is 1. The van der Waals surface area contributed by atoms with Gasteiger partial charge in [0.2, 0.25) is 0 Å². The van der Waals surface area contributed by atoms with Crippen molar-refractivity contribution in [2.45, 2.75) is 25.7 Å². The maximum Gasteiger partial charge on any atom is 0.338 e. The molecule has 0 amide bonds. The summed E-state index contributed by atoms with van der Waals surface area (Å²) in [5.74, 6) is -0.938. The molecule has 2 aromatic rings. The van der Waals surface area contributed by atoms with Crippen LogP contribution in [0.15, 0.2) is 30.3 Å². The van der Waals surface area contributed by atoms with Gasteiger partial charge in [-0.1, -0.05) is 12.1 Å². The number of ether oxygens (including phenoxy) is 1. The lowest BCUT2D eigenvalue weighted by atomic mass is 9.95. The Labute approximate surface area is 186 Å². The second-order valence-electron chi connectivity index (χ2n) is 8.37. The van der Waals surface area contributed by atoms with Crippen molar-refractivity contribution >= 4 is 5.97 Å². The number of nitriles is 1. The molecule has 0 spiro atoms. The fraction of sp³-hybridized carbons (Fsp3) is 0.417. The molecule has 0 radical (unpaired) electrons. The van der Waals surface area contributed by atoms with Gasteiger partial charge in [-0.15, -0.1) is 0 Å². The van der Waals surface area contributed by atoms with Gasteiger partial charge in [0, 0.05) is 44.8 Å². The molecular formula is C24H26FN3O4. The van der Waals surface area contributed by atoms with Gasteiger partial charge in [0.1, 0.15) is 18.5 Å². The minimum absolute atomic E-state index is 0.0362. The Morgan fingerprint density at radius 1 is 1.09 bits per heavy atom. The van der Waals surface area contributed by atoms with E-state index in [9.17, 15) is 19.4 Å². The van der Waals surface area contributed by atoms with Gasteiger partial charge in [0.05, 0.1) is 23.3 Å². The van der Waals surface area contributed by atoms with Crippen LogP contribution in [-0.2, 0) is 11.3 Å². The molecule has 1 saturated heterocycles. The molecule has 2 aliphatic rings. The van der Waals surface area contributed by atoms with Crippen LogP contribution in [0, 0.1) is 24.1 Å². The van der Waals surface area contributed by atoms with Crippen molar-refractivity contribution in [3.63, 3.8) is 0 Å². The van der Waals surface area contributed by atoms with E-state index in [1.807, 2.05) is 6.92 Å². The number of piperazine rings is 1. The fourth-order valence-electron chi connectivity index (χ4n) is 4.41. The van der Waals surface area contributed by atoms with E-state index >= 15 is 0 Å². The molecule has 2 atom stereocenters. The molecular weight excluding hydrogens is 413 g/mol. The van der Waals surface area contributed by atoms with E-state index in [1.54, 1.807) is 24.3 Å². The molecule has 0 saturated carbocycles. The van der Waals surface area contributed by atoms with Gasteiger partial charge in [0.15, 0.2) is 0 Å². The number of hydrogen-bond donors (Lipinski definition) is 2. The number of nitrogens with zero attached hydrogens (tertiary/aromatic N) is 3. The summed E-state index contributed by atoms with van der Waals surface area (Å²) >= 11 is 0. The lowest BCUT2D eigenvalue weighted by molar-refractivity contribution is 0.0480. The molecule has 0 aromatic heterocycles. The van der Waals surface area contributed by atoms with Crippen molar-refractivity contribution < 1.29 is 24.1 Å². The third-order valence-corrected chi connectivity index (χ3v) is 6.39. The van der Waals surface area contributed by atoms with Crippen LogP contribution in [-0.4, -0.2) is 65.3 Å². The lowest BCUT2D eigenvalue weighted by Crippen LogP contribution is -2.48. The number of aliphatic hydroxyl groups excluding tert-OH is 2. The van der Waals surface area contributed by atoms with E-state index in [1.165, 1.54) is 12.1 Å². The molecule has 7 nitrogen and oxygen atoms in total. The molecule has 32 heavy (non-hydrogen) atoms. The molecule has 2 heterocycles. The Bertz CT molecular complexity index is 1060. The van der Waals surface area contributed by atoms with Crippen molar-refractivity contribution in [2.24, 2.45) is 0 Å². The average molecular weight is 439 g/mol. The highest BCUT2D eigenvalue weighted by atomic mass is 19.1. The standard InChI is InChI=1S/C24H26FN3O4/c1-15-18(4-5-19-20(15)14-32-24(19)31)23(30)13-28-8-6-27(7-9-28)12-22(29)16-2-3-17(11-26)21(25)10-16/h2-5,10,22-23,29-30H,6-9,12-14H2,1H3. The molecule has 2 aromatic carbocycles. The molecule has 2 unspecified atom stereocenters. The summed E-state index contributed by atoms with van der Waals surface area (Å²) in [5.41, 5.74) is 3.55. The number of carbonyl (C=O) groups excluding carboxylic acids is 1. The zero-order valence-electron chi connectivity index (χ0n) is 17.9. The van der Waals surface area contributed by atoms with E-state index in [4.69, 9.17) is 10.00 Å². The zero-order valence-corrected chi connectivity index (χ0v) is 17.9. The molecule has 0 bridgehead atoms.